The molecule has 0 aliphatic carbocycles. The molecule has 0 amide bonds. The Labute approximate surface area is 57.5 Å². The van der Waals surface area contributed by atoms with Crippen LogP contribution < -0.4 is 0 Å². The first kappa shape index (κ1) is 8.41. The maximum absolute atomic E-state index is 4.06. The van der Waals surface area contributed by atoms with E-state index < -0.39 is 0 Å². The molecule has 0 heterocycles. The van der Waals surface area contributed by atoms with E-state index >= 15 is 0 Å². The van der Waals surface area contributed by atoms with Gasteiger partial charge in [0, 0.05) is 12.8 Å². The molecule has 0 aliphatic heterocycles. The fraction of sp³-hybridized carbons (Fsp3) is 0.625. The van der Waals surface area contributed by atoms with Crippen molar-refractivity contribution in [3.05, 3.63) is 11.6 Å². The Morgan fingerprint density at radius 1 is 1.44 bits per heavy atom. The molecule has 0 aromatic carbocycles. The van der Waals surface area contributed by atoms with Crippen LogP contribution >= 0.6 is 0 Å². The van der Waals surface area contributed by atoms with Gasteiger partial charge >= 0.3 is 0 Å². The van der Waals surface area contributed by atoms with Gasteiger partial charge in [0.15, 0.2) is 0 Å². The minimum absolute atomic E-state index is 0.882. The van der Waals surface area contributed by atoms with E-state index in [9.17, 15) is 0 Å². The average Bonchev–Trinajstić information content (AvgIpc) is 1.89. The summed E-state index contributed by atoms with van der Waals surface area (Å²) in [6.07, 6.45) is 5.05. The standard InChI is InChI=1S/C8H15N/c1-4-8(3)6-7-9-5-2/h6-7H,4-5H2,1-3H3/b8-6+,9-7?. The molecule has 0 saturated carbocycles. The zero-order valence-corrected chi connectivity index (χ0v) is 6.52. The van der Waals surface area contributed by atoms with Gasteiger partial charge in [-0.2, -0.15) is 0 Å². The van der Waals surface area contributed by atoms with Crippen LogP contribution in [0.3, 0.4) is 0 Å². The van der Waals surface area contributed by atoms with E-state index in [0.29, 0.717) is 0 Å². The molecule has 0 fully saturated rings. The number of hydrogen-bond donors (Lipinski definition) is 0. The maximum Gasteiger partial charge on any atom is 0.0360 e. The third-order valence-electron chi connectivity index (χ3n) is 1.20. The van der Waals surface area contributed by atoms with Gasteiger partial charge < -0.3 is 0 Å². The van der Waals surface area contributed by atoms with E-state index in [4.69, 9.17) is 0 Å². The van der Waals surface area contributed by atoms with Crippen LogP contribution in [0.15, 0.2) is 16.6 Å². The molecule has 0 saturated heterocycles. The molecule has 0 radical (unpaired) electrons. The summed E-state index contributed by atoms with van der Waals surface area (Å²) in [6.45, 7) is 7.17. The number of nitrogens with zero attached hydrogens (tertiary/aromatic N) is 1. The summed E-state index contributed by atoms with van der Waals surface area (Å²) in [5.41, 5.74) is 1.38. The van der Waals surface area contributed by atoms with Gasteiger partial charge in [0.25, 0.3) is 0 Å². The van der Waals surface area contributed by atoms with Crippen molar-refractivity contribution in [2.75, 3.05) is 6.54 Å². The minimum atomic E-state index is 0.882. The summed E-state index contributed by atoms with van der Waals surface area (Å²) in [4.78, 5) is 4.06. The van der Waals surface area contributed by atoms with Crippen LogP contribution in [-0.4, -0.2) is 12.8 Å². The summed E-state index contributed by atoms with van der Waals surface area (Å²) in [6, 6.07) is 0. The van der Waals surface area contributed by atoms with E-state index in [1.807, 2.05) is 13.1 Å². The second-order valence-corrected chi connectivity index (χ2v) is 2.01. The number of allylic oxidation sites excluding steroid dienone is 2. The molecule has 0 spiro atoms. The molecule has 0 aliphatic rings. The smallest absolute Gasteiger partial charge is 0.0360 e. The highest BCUT2D eigenvalue weighted by Gasteiger charge is 1.76. The Kier molecular flexibility index (Phi) is 5.18. The molecule has 0 aromatic heterocycles. The average molecular weight is 125 g/mol. The summed E-state index contributed by atoms with van der Waals surface area (Å²) >= 11 is 0. The predicted molar refractivity (Wildman–Crippen MR) is 43.1 cm³/mol. The van der Waals surface area contributed by atoms with E-state index in [-0.39, 0.29) is 0 Å². The molecule has 0 unspecified atom stereocenters. The third-order valence-corrected chi connectivity index (χ3v) is 1.20. The summed E-state index contributed by atoms with van der Waals surface area (Å²) in [5, 5.41) is 0. The van der Waals surface area contributed by atoms with Gasteiger partial charge in [0.05, 0.1) is 0 Å². The molecule has 0 bridgehead atoms. The number of hydrogen-bond acceptors (Lipinski definition) is 1. The maximum atomic E-state index is 4.06. The first-order valence-electron chi connectivity index (χ1n) is 3.46. The highest BCUT2D eigenvalue weighted by atomic mass is 14.7. The van der Waals surface area contributed by atoms with Crippen molar-refractivity contribution in [3.63, 3.8) is 0 Å². The van der Waals surface area contributed by atoms with Gasteiger partial charge in [-0.3, -0.25) is 4.99 Å². The zero-order chi connectivity index (χ0) is 7.11. The van der Waals surface area contributed by atoms with Crippen LogP contribution in [0, 0.1) is 0 Å². The van der Waals surface area contributed by atoms with Crippen molar-refractivity contribution in [3.8, 4) is 0 Å². The Morgan fingerprint density at radius 2 is 2.11 bits per heavy atom. The Balaban J connectivity index is 3.55. The molecule has 0 rings (SSSR count). The normalized spacial score (nSPS) is 13.0. The SMILES string of the molecule is CCN=C/C=C(\C)CC. The molecule has 0 N–H and O–H groups in total. The van der Waals surface area contributed by atoms with E-state index in [2.05, 4.69) is 24.9 Å². The number of aliphatic imine (C=N–C) groups is 1. The second kappa shape index (κ2) is 5.54. The van der Waals surface area contributed by atoms with Crippen molar-refractivity contribution in [2.45, 2.75) is 27.2 Å². The van der Waals surface area contributed by atoms with E-state index in [0.717, 1.165) is 13.0 Å². The lowest BCUT2D eigenvalue weighted by atomic mass is 10.2. The lowest BCUT2D eigenvalue weighted by Gasteiger charge is -1.87. The van der Waals surface area contributed by atoms with E-state index in [1.165, 1.54) is 5.57 Å². The molecular weight excluding hydrogens is 110 g/mol. The topological polar surface area (TPSA) is 12.4 Å². The van der Waals surface area contributed by atoms with Gasteiger partial charge in [0.2, 0.25) is 0 Å². The molecule has 1 nitrogen and oxygen atoms in total. The number of rotatable bonds is 3. The molecule has 9 heavy (non-hydrogen) atoms. The van der Waals surface area contributed by atoms with Crippen LogP contribution in [0.2, 0.25) is 0 Å². The predicted octanol–water partition coefficient (Wildman–Crippen LogP) is 2.43. The quantitative estimate of drug-likeness (QED) is 0.514. The van der Waals surface area contributed by atoms with Crippen molar-refractivity contribution in [1.29, 1.82) is 0 Å². The van der Waals surface area contributed by atoms with E-state index in [1.54, 1.807) is 0 Å². The van der Waals surface area contributed by atoms with Gasteiger partial charge in [-0.25, -0.2) is 0 Å². The Hall–Kier alpha value is -0.590. The minimum Gasteiger partial charge on any atom is -0.293 e. The molecular formula is C8H15N. The largest absolute Gasteiger partial charge is 0.293 e. The Bertz CT molecular complexity index is 112. The summed E-state index contributed by atoms with van der Waals surface area (Å²) in [7, 11) is 0. The highest BCUT2D eigenvalue weighted by molar-refractivity contribution is 5.71. The fourth-order valence-corrected chi connectivity index (χ4v) is 0.403. The third kappa shape index (κ3) is 5.28. The Morgan fingerprint density at radius 3 is 2.56 bits per heavy atom. The molecule has 0 atom stereocenters. The van der Waals surface area contributed by atoms with Crippen molar-refractivity contribution in [2.24, 2.45) is 4.99 Å². The summed E-state index contributed by atoms with van der Waals surface area (Å²) in [5.74, 6) is 0. The zero-order valence-electron chi connectivity index (χ0n) is 6.52. The van der Waals surface area contributed by atoms with Crippen LogP contribution in [0.4, 0.5) is 0 Å². The van der Waals surface area contributed by atoms with Crippen molar-refractivity contribution in [1.82, 2.24) is 0 Å². The van der Waals surface area contributed by atoms with Crippen molar-refractivity contribution >= 4 is 6.21 Å². The monoisotopic (exact) mass is 125 g/mol. The van der Waals surface area contributed by atoms with Gasteiger partial charge in [-0.15, -0.1) is 0 Å². The van der Waals surface area contributed by atoms with Crippen molar-refractivity contribution < 1.29 is 0 Å². The first-order valence-corrected chi connectivity index (χ1v) is 3.46. The first-order chi connectivity index (χ1) is 4.31. The molecule has 1 heteroatoms. The van der Waals surface area contributed by atoms with Gasteiger partial charge in [0.1, 0.15) is 0 Å². The fourth-order valence-electron chi connectivity index (χ4n) is 0.403. The summed E-state index contributed by atoms with van der Waals surface area (Å²) < 4.78 is 0. The highest BCUT2D eigenvalue weighted by Crippen LogP contribution is 1.94. The molecule has 52 valence electrons. The van der Waals surface area contributed by atoms with Crippen LogP contribution in [-0.2, 0) is 0 Å². The van der Waals surface area contributed by atoms with Crippen LogP contribution in [0.5, 0.6) is 0 Å². The second-order valence-electron chi connectivity index (χ2n) is 2.01. The molecule has 0 aromatic rings. The van der Waals surface area contributed by atoms with Gasteiger partial charge in [-0.05, 0) is 26.3 Å². The lowest BCUT2D eigenvalue weighted by Crippen LogP contribution is -1.74. The lowest BCUT2D eigenvalue weighted by molar-refractivity contribution is 1.10. The van der Waals surface area contributed by atoms with Crippen LogP contribution in [0.25, 0.3) is 0 Å². The van der Waals surface area contributed by atoms with Crippen LogP contribution in [0.1, 0.15) is 27.2 Å². The van der Waals surface area contributed by atoms with Gasteiger partial charge in [-0.1, -0.05) is 12.5 Å².